The molecule has 8 nitrogen and oxygen atoms in total. The fraction of sp³-hybridized carbons (Fsp3) is 0.429. The molecule has 49 heavy (non-hydrogen) atoms. The van der Waals surface area contributed by atoms with E-state index in [0.29, 0.717) is 48.3 Å². The third-order valence-corrected chi connectivity index (χ3v) is 10.0. The quantitative estimate of drug-likeness (QED) is 0.238. The van der Waals surface area contributed by atoms with E-state index in [9.17, 15) is 26.4 Å². The van der Waals surface area contributed by atoms with Gasteiger partial charge in [0, 0.05) is 49.0 Å². The Bertz CT molecular complexity index is 1790. The molecule has 0 bridgehead atoms. The zero-order chi connectivity index (χ0) is 35.7. The second-order valence-electron chi connectivity index (χ2n) is 13.4. The van der Waals surface area contributed by atoms with Crippen molar-refractivity contribution in [1.29, 1.82) is 0 Å². The number of nitrogens with zero attached hydrogens (tertiary/aromatic N) is 4. The molecule has 0 aromatic heterocycles. The highest BCUT2D eigenvalue weighted by Gasteiger charge is 2.45. The van der Waals surface area contributed by atoms with Crippen molar-refractivity contribution in [2.75, 3.05) is 51.3 Å². The molecular weight excluding hydrogens is 700 g/mol. The van der Waals surface area contributed by atoms with Crippen molar-refractivity contribution in [1.82, 2.24) is 14.7 Å². The molecule has 1 fully saturated rings. The molecule has 2 heterocycles. The third kappa shape index (κ3) is 9.27. The second-order valence-corrected chi connectivity index (χ2v) is 16.6. The molecule has 0 unspecified atom stereocenters. The van der Waals surface area contributed by atoms with Crippen molar-refractivity contribution in [3.8, 4) is 5.75 Å². The largest absolute Gasteiger partial charge is 0.483 e. The number of aliphatic imine (C=N–C) groups is 1. The van der Waals surface area contributed by atoms with E-state index in [-0.39, 0.29) is 28.9 Å². The second kappa shape index (κ2) is 14.5. The number of ether oxygens (including phenoxy) is 1. The van der Waals surface area contributed by atoms with Gasteiger partial charge >= 0.3 is 12.2 Å². The van der Waals surface area contributed by atoms with E-state index < -0.39 is 40.1 Å². The minimum atomic E-state index is -4.60. The summed E-state index contributed by atoms with van der Waals surface area (Å²) in [5, 5.41) is 1.01. The zero-order valence-corrected chi connectivity index (χ0v) is 30.0. The Labute approximate surface area is 295 Å². The minimum absolute atomic E-state index is 0.0105. The first-order valence-corrected chi connectivity index (χ1v) is 18.6. The molecule has 14 heteroatoms. The van der Waals surface area contributed by atoms with Gasteiger partial charge < -0.3 is 9.64 Å². The van der Waals surface area contributed by atoms with E-state index in [2.05, 4.69) is 0 Å². The molecular formula is C35H39Cl2F3N4O4S. The number of amidine groups is 1. The van der Waals surface area contributed by atoms with E-state index in [1.165, 1.54) is 6.26 Å². The first-order valence-electron chi connectivity index (χ1n) is 15.8. The summed E-state index contributed by atoms with van der Waals surface area (Å²) >= 11 is 12.5. The highest BCUT2D eigenvalue weighted by molar-refractivity contribution is 7.90. The highest BCUT2D eigenvalue weighted by atomic mass is 35.5. The lowest BCUT2D eigenvalue weighted by Gasteiger charge is -2.39. The summed E-state index contributed by atoms with van der Waals surface area (Å²) in [6, 6.07) is 17.4. The number of halogens is 5. The van der Waals surface area contributed by atoms with E-state index >= 15 is 0 Å². The van der Waals surface area contributed by atoms with E-state index in [1.54, 1.807) is 46.2 Å². The molecule has 2 aliphatic rings. The van der Waals surface area contributed by atoms with Crippen molar-refractivity contribution < 1.29 is 31.1 Å². The van der Waals surface area contributed by atoms with Crippen LogP contribution in [0.1, 0.15) is 55.1 Å². The first-order chi connectivity index (χ1) is 22.9. The smallest absolute Gasteiger partial charge is 0.422 e. The number of carbonyl (C=O) groups excluding carboxylic acids is 1. The number of benzene rings is 3. The number of hydrogen-bond donors (Lipinski definition) is 0. The number of hydrogen-bond acceptors (Lipinski definition) is 6. The van der Waals surface area contributed by atoms with Gasteiger partial charge in [-0.1, -0.05) is 74.3 Å². The predicted molar refractivity (Wildman–Crippen MR) is 187 cm³/mol. The van der Waals surface area contributed by atoms with Gasteiger partial charge in [-0.15, -0.1) is 0 Å². The topological polar surface area (TPSA) is 82.5 Å². The van der Waals surface area contributed by atoms with E-state index in [0.717, 1.165) is 11.1 Å². The molecule has 2 aliphatic heterocycles. The lowest BCUT2D eigenvalue weighted by molar-refractivity contribution is -0.153. The summed E-state index contributed by atoms with van der Waals surface area (Å²) in [4.78, 5) is 25.0. The molecule has 5 rings (SSSR count). The van der Waals surface area contributed by atoms with E-state index in [1.807, 2.05) is 56.0 Å². The molecule has 3 aromatic carbocycles. The number of amides is 2. The lowest BCUT2D eigenvalue weighted by atomic mass is 9.86. The van der Waals surface area contributed by atoms with Crippen LogP contribution in [-0.4, -0.2) is 92.5 Å². The average molecular weight is 740 g/mol. The monoisotopic (exact) mass is 738 g/mol. The Kier molecular flexibility index (Phi) is 10.9. The Morgan fingerprint density at radius 2 is 1.47 bits per heavy atom. The van der Waals surface area contributed by atoms with Crippen molar-refractivity contribution >= 4 is 44.9 Å². The minimum Gasteiger partial charge on any atom is -0.483 e. The maximum Gasteiger partial charge on any atom is 0.422 e. The predicted octanol–water partition coefficient (Wildman–Crippen LogP) is 7.56. The molecule has 0 radical (unpaired) electrons. The molecule has 1 saturated heterocycles. The maximum atomic E-state index is 14.7. The Balaban J connectivity index is 1.62. The highest BCUT2D eigenvalue weighted by Crippen LogP contribution is 2.46. The van der Waals surface area contributed by atoms with Crippen molar-refractivity contribution in [3.05, 3.63) is 99.0 Å². The van der Waals surface area contributed by atoms with Gasteiger partial charge in [0.05, 0.1) is 17.4 Å². The van der Waals surface area contributed by atoms with Gasteiger partial charge in [-0.2, -0.15) is 13.2 Å². The van der Waals surface area contributed by atoms with Crippen LogP contribution in [0, 0.1) is 0 Å². The molecule has 264 valence electrons. The summed E-state index contributed by atoms with van der Waals surface area (Å²) in [5.41, 5.74) is 2.04. The van der Waals surface area contributed by atoms with Gasteiger partial charge in [0.1, 0.15) is 27.5 Å². The Morgan fingerprint density at radius 1 is 0.898 bits per heavy atom. The summed E-state index contributed by atoms with van der Waals surface area (Å²) in [5.74, 6) is 0.136. The number of carbonyl (C=O) groups is 1. The van der Waals surface area contributed by atoms with Crippen LogP contribution in [0.25, 0.3) is 0 Å². The standard InChI is InChI=1S/C35H39Cl2F3N4O4S/c1-34(2,3)25-9-14-28(29(21-25)48-22-35(38,39)40)32-41-30(23-5-10-26(36)11-6-23)31(24-7-12-27(37)13-8-24)44(32)33(45)43-17-15-42(16-18-43)19-20-49(4,46)47/h5-14,21,30-31H,15-20,22H2,1-4H3/t30-,31+/m0/s1. The first kappa shape index (κ1) is 36.9. The normalized spacial score (nSPS) is 19.2. The Morgan fingerprint density at radius 3 is 2.00 bits per heavy atom. The van der Waals surface area contributed by atoms with Gasteiger partial charge in [-0.25, -0.2) is 13.2 Å². The van der Waals surface area contributed by atoms with E-state index in [4.69, 9.17) is 32.9 Å². The molecule has 0 aliphatic carbocycles. The molecule has 3 aromatic rings. The molecule has 0 spiro atoms. The van der Waals surface area contributed by atoms with Gasteiger partial charge in [-0.05, 0) is 58.5 Å². The molecule has 2 amide bonds. The van der Waals surface area contributed by atoms with Crippen LogP contribution < -0.4 is 4.74 Å². The van der Waals surface area contributed by atoms with Crippen molar-refractivity contribution in [3.63, 3.8) is 0 Å². The van der Waals surface area contributed by atoms with Crippen molar-refractivity contribution in [2.24, 2.45) is 4.99 Å². The summed E-state index contributed by atoms with van der Waals surface area (Å²) in [6.07, 6.45) is -3.41. The van der Waals surface area contributed by atoms with Crippen molar-refractivity contribution in [2.45, 2.75) is 44.4 Å². The number of rotatable bonds is 8. The van der Waals surface area contributed by atoms with Gasteiger partial charge in [0.15, 0.2) is 6.61 Å². The van der Waals surface area contributed by atoms with Crippen LogP contribution in [0.5, 0.6) is 5.75 Å². The molecule has 0 N–H and O–H groups in total. The van der Waals surface area contributed by atoms with Gasteiger partial charge in [-0.3, -0.25) is 14.8 Å². The third-order valence-electron chi connectivity index (χ3n) is 8.60. The number of piperazine rings is 1. The van der Waals surface area contributed by atoms with Crippen LogP contribution in [0.4, 0.5) is 18.0 Å². The summed E-state index contributed by atoms with van der Waals surface area (Å²) < 4.78 is 69.6. The maximum absolute atomic E-state index is 14.7. The number of sulfone groups is 1. The SMILES string of the molecule is CC(C)(C)c1ccc(C2=N[C@@H](c3ccc(Cl)cc3)[C@@H](c3ccc(Cl)cc3)N2C(=O)N2CCN(CCS(C)(=O)=O)CC2)c(OCC(F)(F)F)c1. The van der Waals surface area contributed by atoms with Crippen LogP contribution in [0.3, 0.4) is 0 Å². The molecule has 2 atom stereocenters. The van der Waals surface area contributed by atoms with Crippen LogP contribution in [0.15, 0.2) is 71.7 Å². The number of alkyl halides is 3. The van der Waals surface area contributed by atoms with Crippen LogP contribution >= 0.6 is 23.2 Å². The average Bonchev–Trinajstić information content (AvgIpc) is 3.42. The molecule has 0 saturated carbocycles. The Hall–Kier alpha value is -3.32. The van der Waals surface area contributed by atoms with Crippen LogP contribution in [-0.2, 0) is 15.3 Å². The fourth-order valence-electron chi connectivity index (χ4n) is 5.92. The van der Waals surface area contributed by atoms with Gasteiger partial charge in [0.25, 0.3) is 0 Å². The van der Waals surface area contributed by atoms with Crippen LogP contribution in [0.2, 0.25) is 10.0 Å². The summed E-state index contributed by atoms with van der Waals surface area (Å²) in [7, 11) is -3.16. The van der Waals surface area contributed by atoms with Gasteiger partial charge in [0.2, 0.25) is 0 Å². The fourth-order valence-corrected chi connectivity index (χ4v) is 6.76. The number of urea groups is 1. The summed E-state index contributed by atoms with van der Waals surface area (Å²) in [6.45, 7) is 6.19. The lowest BCUT2D eigenvalue weighted by Crippen LogP contribution is -2.54. The zero-order valence-electron chi connectivity index (χ0n) is 27.7.